The smallest absolute Gasteiger partial charge is 0.251 e. The van der Waals surface area contributed by atoms with Gasteiger partial charge in [-0.15, -0.1) is 0 Å². The third kappa shape index (κ3) is 4.44. The molecule has 2 N–H and O–H groups in total. The fraction of sp³-hybridized carbons (Fsp3) is 0.462. The van der Waals surface area contributed by atoms with Crippen LogP contribution in [0.5, 0.6) is 5.75 Å². The van der Waals surface area contributed by atoms with Gasteiger partial charge in [0.2, 0.25) is 0 Å². The van der Waals surface area contributed by atoms with Crippen LogP contribution in [0.1, 0.15) is 28.8 Å². The van der Waals surface area contributed by atoms with Crippen molar-refractivity contribution in [3.63, 3.8) is 0 Å². The second-order valence-electron chi connectivity index (χ2n) is 3.96. The number of aromatic hydroxyl groups is 1. The number of hydrogen-bond acceptors (Lipinski definition) is 3. The van der Waals surface area contributed by atoms with E-state index in [1.165, 1.54) is 6.07 Å². The van der Waals surface area contributed by atoms with E-state index in [9.17, 15) is 9.90 Å². The minimum Gasteiger partial charge on any atom is -0.508 e. The summed E-state index contributed by atoms with van der Waals surface area (Å²) in [5, 5.41) is 12.1. The van der Waals surface area contributed by atoms with E-state index in [1.54, 1.807) is 26.2 Å². The summed E-state index contributed by atoms with van der Waals surface area (Å²) in [6.45, 7) is 3.16. The maximum atomic E-state index is 11.8. The number of rotatable bonds is 6. The molecule has 1 aromatic carbocycles. The van der Waals surface area contributed by atoms with E-state index in [4.69, 9.17) is 4.74 Å². The summed E-state index contributed by atoms with van der Waals surface area (Å²) >= 11 is 0. The van der Waals surface area contributed by atoms with E-state index >= 15 is 0 Å². The van der Waals surface area contributed by atoms with Crippen LogP contribution in [0.3, 0.4) is 0 Å². The quantitative estimate of drug-likeness (QED) is 0.742. The Morgan fingerprint density at radius 1 is 1.41 bits per heavy atom. The molecule has 0 aromatic heterocycles. The van der Waals surface area contributed by atoms with Crippen molar-refractivity contribution in [2.75, 3.05) is 20.3 Å². The molecule has 0 saturated heterocycles. The van der Waals surface area contributed by atoms with Crippen molar-refractivity contribution in [1.29, 1.82) is 0 Å². The first kappa shape index (κ1) is 13.5. The molecule has 0 radical (unpaired) electrons. The summed E-state index contributed by atoms with van der Waals surface area (Å²) in [5.74, 6) is 0.0825. The average Bonchev–Trinajstić information content (AvgIpc) is 2.28. The molecule has 0 saturated carbocycles. The number of carbonyl (C=O) groups excluding carboxylic acids is 1. The molecule has 4 nitrogen and oxygen atoms in total. The molecule has 0 atom stereocenters. The van der Waals surface area contributed by atoms with E-state index in [1.807, 2.05) is 0 Å². The third-order valence-electron chi connectivity index (χ3n) is 2.52. The molecule has 0 bridgehead atoms. The van der Waals surface area contributed by atoms with Gasteiger partial charge in [0.1, 0.15) is 5.75 Å². The molecule has 94 valence electrons. The summed E-state index contributed by atoms with van der Waals surface area (Å²) in [6.07, 6.45) is 1.84. The van der Waals surface area contributed by atoms with Crippen molar-refractivity contribution in [1.82, 2.24) is 5.32 Å². The van der Waals surface area contributed by atoms with Gasteiger partial charge in [-0.1, -0.05) is 0 Å². The lowest BCUT2D eigenvalue weighted by Gasteiger charge is -2.07. The van der Waals surface area contributed by atoms with Crippen LogP contribution < -0.4 is 5.32 Å². The summed E-state index contributed by atoms with van der Waals surface area (Å²) < 4.78 is 4.93. The Morgan fingerprint density at radius 3 is 2.82 bits per heavy atom. The number of unbranched alkanes of at least 4 members (excludes halogenated alkanes) is 1. The Bertz CT molecular complexity index is 377. The number of ether oxygens (including phenoxy) is 1. The number of aryl methyl sites for hydroxylation is 1. The van der Waals surface area contributed by atoms with Crippen molar-refractivity contribution in [3.8, 4) is 5.75 Å². The predicted molar refractivity (Wildman–Crippen MR) is 66.3 cm³/mol. The number of benzene rings is 1. The monoisotopic (exact) mass is 237 g/mol. The number of amides is 1. The Labute approximate surface area is 102 Å². The minimum absolute atomic E-state index is 0.0973. The number of phenols is 1. The van der Waals surface area contributed by atoms with Crippen LogP contribution in [-0.2, 0) is 4.74 Å². The minimum atomic E-state index is -0.0973. The van der Waals surface area contributed by atoms with E-state index < -0.39 is 0 Å². The van der Waals surface area contributed by atoms with Crippen LogP contribution in [0.15, 0.2) is 18.2 Å². The fourth-order valence-corrected chi connectivity index (χ4v) is 1.57. The van der Waals surface area contributed by atoms with Crippen LogP contribution in [0, 0.1) is 6.92 Å². The standard InChI is InChI=1S/C13H19NO3/c1-10-9-11(15)5-6-12(10)13(16)14-7-3-4-8-17-2/h5-6,9,15H,3-4,7-8H2,1-2H3,(H,14,16). The first-order valence-electron chi connectivity index (χ1n) is 5.72. The lowest BCUT2D eigenvalue weighted by molar-refractivity contribution is 0.0951. The third-order valence-corrected chi connectivity index (χ3v) is 2.52. The van der Waals surface area contributed by atoms with E-state index in [-0.39, 0.29) is 11.7 Å². The van der Waals surface area contributed by atoms with E-state index in [0.717, 1.165) is 18.4 Å². The molecule has 17 heavy (non-hydrogen) atoms. The normalized spacial score (nSPS) is 10.2. The van der Waals surface area contributed by atoms with Gasteiger partial charge in [-0.2, -0.15) is 0 Å². The number of phenolic OH excluding ortho intramolecular Hbond substituents is 1. The maximum Gasteiger partial charge on any atom is 0.251 e. The molecular weight excluding hydrogens is 218 g/mol. The van der Waals surface area contributed by atoms with Crippen molar-refractivity contribution in [2.45, 2.75) is 19.8 Å². The summed E-state index contributed by atoms with van der Waals surface area (Å²) in [7, 11) is 1.67. The molecule has 0 aliphatic heterocycles. The molecule has 1 aromatic rings. The molecule has 0 spiro atoms. The molecule has 1 rings (SSSR count). The highest BCUT2D eigenvalue weighted by Gasteiger charge is 2.08. The second-order valence-corrected chi connectivity index (χ2v) is 3.96. The molecule has 4 heteroatoms. The number of nitrogens with one attached hydrogen (secondary N) is 1. The zero-order valence-corrected chi connectivity index (χ0v) is 10.3. The molecule has 1 amide bonds. The van der Waals surface area contributed by atoms with Crippen molar-refractivity contribution in [3.05, 3.63) is 29.3 Å². The van der Waals surface area contributed by atoms with Crippen LogP contribution in [0.4, 0.5) is 0 Å². The first-order valence-corrected chi connectivity index (χ1v) is 5.72. The molecular formula is C13H19NO3. The largest absolute Gasteiger partial charge is 0.508 e. The Balaban J connectivity index is 2.42. The average molecular weight is 237 g/mol. The van der Waals surface area contributed by atoms with Crippen LogP contribution in [0.2, 0.25) is 0 Å². The van der Waals surface area contributed by atoms with Gasteiger partial charge in [-0.05, 0) is 43.5 Å². The van der Waals surface area contributed by atoms with Crippen molar-refractivity contribution in [2.24, 2.45) is 0 Å². The van der Waals surface area contributed by atoms with Crippen molar-refractivity contribution >= 4 is 5.91 Å². The van der Waals surface area contributed by atoms with Crippen LogP contribution >= 0.6 is 0 Å². The van der Waals surface area contributed by atoms with Gasteiger partial charge in [-0.25, -0.2) is 0 Å². The lowest BCUT2D eigenvalue weighted by Crippen LogP contribution is -2.25. The van der Waals surface area contributed by atoms with E-state index in [2.05, 4.69) is 5.32 Å². The Morgan fingerprint density at radius 2 is 2.18 bits per heavy atom. The predicted octanol–water partition coefficient (Wildman–Crippen LogP) is 1.86. The molecule has 0 unspecified atom stereocenters. The highest BCUT2D eigenvalue weighted by molar-refractivity contribution is 5.95. The zero-order chi connectivity index (χ0) is 12.7. The van der Waals surface area contributed by atoms with Crippen LogP contribution in [-0.4, -0.2) is 31.3 Å². The molecule has 0 heterocycles. The number of methoxy groups -OCH3 is 1. The van der Waals surface area contributed by atoms with Gasteiger partial charge in [0.05, 0.1) is 0 Å². The van der Waals surface area contributed by atoms with Gasteiger partial charge in [0.25, 0.3) is 5.91 Å². The van der Waals surface area contributed by atoms with Gasteiger partial charge in [-0.3, -0.25) is 4.79 Å². The molecule has 0 aliphatic rings. The molecule has 0 aliphatic carbocycles. The topological polar surface area (TPSA) is 58.6 Å². The number of hydrogen-bond donors (Lipinski definition) is 2. The fourth-order valence-electron chi connectivity index (χ4n) is 1.57. The van der Waals surface area contributed by atoms with Gasteiger partial charge >= 0.3 is 0 Å². The van der Waals surface area contributed by atoms with E-state index in [0.29, 0.717) is 18.7 Å². The van der Waals surface area contributed by atoms with Gasteiger partial charge < -0.3 is 15.2 Å². The second kappa shape index (κ2) is 6.91. The first-order chi connectivity index (χ1) is 8.15. The van der Waals surface area contributed by atoms with Gasteiger partial charge in [0, 0.05) is 25.8 Å². The molecule has 0 fully saturated rings. The Kier molecular flexibility index (Phi) is 5.49. The number of carbonyl (C=O) groups is 1. The summed E-state index contributed by atoms with van der Waals surface area (Å²) in [6, 6.07) is 4.74. The van der Waals surface area contributed by atoms with Crippen LogP contribution in [0.25, 0.3) is 0 Å². The summed E-state index contributed by atoms with van der Waals surface area (Å²) in [5.41, 5.74) is 1.38. The SMILES string of the molecule is COCCCCNC(=O)c1ccc(O)cc1C. The highest BCUT2D eigenvalue weighted by Crippen LogP contribution is 2.15. The summed E-state index contributed by atoms with van der Waals surface area (Å²) in [4.78, 5) is 11.8. The lowest BCUT2D eigenvalue weighted by atomic mass is 10.1. The van der Waals surface area contributed by atoms with Crippen molar-refractivity contribution < 1.29 is 14.6 Å². The highest BCUT2D eigenvalue weighted by atomic mass is 16.5. The zero-order valence-electron chi connectivity index (χ0n) is 10.3. The Hall–Kier alpha value is -1.55. The maximum absolute atomic E-state index is 11.8. The van der Waals surface area contributed by atoms with Gasteiger partial charge in [0.15, 0.2) is 0 Å².